The first kappa shape index (κ1) is 16.9. The Hall–Kier alpha value is -1.95. The molecule has 2 aromatic heterocycles. The van der Waals surface area contributed by atoms with Crippen molar-refractivity contribution in [1.82, 2.24) is 25.0 Å². The molecule has 1 aliphatic heterocycles. The molecule has 0 spiro atoms. The van der Waals surface area contributed by atoms with E-state index in [4.69, 9.17) is 0 Å². The van der Waals surface area contributed by atoms with Gasteiger partial charge in [0, 0.05) is 36.8 Å². The van der Waals surface area contributed by atoms with Crippen molar-refractivity contribution in [2.45, 2.75) is 52.1 Å². The maximum Gasteiger partial charge on any atom is 0.252 e. The molecule has 2 aromatic rings. The van der Waals surface area contributed by atoms with Crippen molar-refractivity contribution in [3.05, 3.63) is 24.0 Å². The van der Waals surface area contributed by atoms with Crippen molar-refractivity contribution in [1.29, 1.82) is 0 Å². The molecule has 1 aliphatic rings. The van der Waals surface area contributed by atoms with Gasteiger partial charge in [-0.15, -0.1) is 0 Å². The van der Waals surface area contributed by atoms with E-state index in [1.54, 1.807) is 12.4 Å². The highest BCUT2D eigenvalue weighted by Gasteiger charge is 2.18. The lowest BCUT2D eigenvalue weighted by atomic mass is 10.0. The maximum absolute atomic E-state index is 12.4. The molecule has 24 heavy (non-hydrogen) atoms. The Morgan fingerprint density at radius 1 is 1.38 bits per heavy atom. The SMILES string of the molecule is CC(C)n1ncc2cc(C(=O)NCCN3CCCC[C@H]3C)cnc21. The van der Waals surface area contributed by atoms with Crippen LogP contribution in [0.15, 0.2) is 18.5 Å². The summed E-state index contributed by atoms with van der Waals surface area (Å²) in [6.07, 6.45) is 7.25. The third-order valence-corrected chi connectivity index (χ3v) is 4.81. The lowest BCUT2D eigenvalue weighted by Crippen LogP contribution is -2.42. The molecular formula is C18H27N5O. The zero-order valence-electron chi connectivity index (χ0n) is 14.8. The largest absolute Gasteiger partial charge is 0.351 e. The quantitative estimate of drug-likeness (QED) is 0.916. The Labute approximate surface area is 143 Å². The zero-order valence-corrected chi connectivity index (χ0v) is 14.8. The Morgan fingerprint density at radius 2 is 2.21 bits per heavy atom. The fraction of sp³-hybridized carbons (Fsp3) is 0.611. The van der Waals surface area contributed by atoms with Gasteiger partial charge in [-0.2, -0.15) is 5.10 Å². The number of hydrogen-bond donors (Lipinski definition) is 1. The molecule has 0 bridgehead atoms. The van der Waals surface area contributed by atoms with Crippen LogP contribution in [0.1, 0.15) is 56.4 Å². The summed E-state index contributed by atoms with van der Waals surface area (Å²) < 4.78 is 1.87. The van der Waals surface area contributed by atoms with Crippen LogP contribution >= 0.6 is 0 Å². The van der Waals surface area contributed by atoms with Crippen LogP contribution < -0.4 is 5.32 Å². The van der Waals surface area contributed by atoms with E-state index in [0.29, 0.717) is 18.2 Å². The number of aromatic nitrogens is 3. The molecule has 6 heteroatoms. The highest BCUT2D eigenvalue weighted by Crippen LogP contribution is 2.17. The molecule has 130 valence electrons. The Bertz CT molecular complexity index is 708. The predicted octanol–water partition coefficient (Wildman–Crippen LogP) is 2.62. The first-order chi connectivity index (χ1) is 11.6. The fourth-order valence-corrected chi connectivity index (χ4v) is 3.35. The van der Waals surface area contributed by atoms with Crippen LogP contribution in [0.2, 0.25) is 0 Å². The van der Waals surface area contributed by atoms with Gasteiger partial charge in [0.25, 0.3) is 5.91 Å². The number of carbonyl (C=O) groups is 1. The summed E-state index contributed by atoms with van der Waals surface area (Å²) in [5.74, 6) is -0.0636. The van der Waals surface area contributed by atoms with Crippen molar-refractivity contribution in [3.8, 4) is 0 Å². The average molecular weight is 329 g/mol. The molecule has 6 nitrogen and oxygen atoms in total. The van der Waals surface area contributed by atoms with Gasteiger partial charge in [0.1, 0.15) is 0 Å². The highest BCUT2D eigenvalue weighted by molar-refractivity contribution is 5.96. The molecule has 1 N–H and O–H groups in total. The topological polar surface area (TPSA) is 63.1 Å². The minimum absolute atomic E-state index is 0.0636. The molecule has 3 heterocycles. The van der Waals surface area contributed by atoms with Gasteiger partial charge in [-0.1, -0.05) is 6.42 Å². The van der Waals surface area contributed by atoms with E-state index in [1.165, 1.54) is 19.3 Å². The van der Waals surface area contributed by atoms with Gasteiger partial charge in [-0.3, -0.25) is 9.69 Å². The zero-order chi connectivity index (χ0) is 17.1. The molecule has 1 fully saturated rings. The summed E-state index contributed by atoms with van der Waals surface area (Å²) in [6, 6.07) is 2.74. The predicted molar refractivity (Wildman–Crippen MR) is 95.1 cm³/mol. The maximum atomic E-state index is 12.4. The van der Waals surface area contributed by atoms with Crippen molar-refractivity contribution in [2.75, 3.05) is 19.6 Å². The van der Waals surface area contributed by atoms with E-state index in [2.05, 4.69) is 41.1 Å². The minimum atomic E-state index is -0.0636. The van der Waals surface area contributed by atoms with Crippen molar-refractivity contribution >= 4 is 16.9 Å². The van der Waals surface area contributed by atoms with Crippen LogP contribution in [0.25, 0.3) is 11.0 Å². The second-order valence-electron chi connectivity index (χ2n) is 6.96. The van der Waals surface area contributed by atoms with Gasteiger partial charge >= 0.3 is 0 Å². The molecule has 0 aliphatic carbocycles. The molecule has 0 unspecified atom stereocenters. The number of carbonyl (C=O) groups excluding carboxylic acids is 1. The van der Waals surface area contributed by atoms with E-state index in [9.17, 15) is 4.79 Å². The van der Waals surface area contributed by atoms with Crippen LogP contribution in [0.5, 0.6) is 0 Å². The number of piperidine rings is 1. The number of amides is 1. The molecule has 0 radical (unpaired) electrons. The third-order valence-electron chi connectivity index (χ3n) is 4.81. The fourth-order valence-electron chi connectivity index (χ4n) is 3.35. The van der Waals surface area contributed by atoms with E-state index in [-0.39, 0.29) is 11.9 Å². The van der Waals surface area contributed by atoms with Gasteiger partial charge in [-0.25, -0.2) is 9.67 Å². The van der Waals surface area contributed by atoms with Crippen LogP contribution in [-0.2, 0) is 0 Å². The van der Waals surface area contributed by atoms with Crippen LogP contribution in [0.4, 0.5) is 0 Å². The summed E-state index contributed by atoms with van der Waals surface area (Å²) in [6.45, 7) is 9.12. The number of rotatable bonds is 5. The minimum Gasteiger partial charge on any atom is -0.351 e. The smallest absolute Gasteiger partial charge is 0.252 e. The number of nitrogens with one attached hydrogen (secondary N) is 1. The normalized spacial score (nSPS) is 19.1. The monoisotopic (exact) mass is 329 g/mol. The number of nitrogens with zero attached hydrogens (tertiary/aromatic N) is 4. The third kappa shape index (κ3) is 3.59. The Kier molecular flexibility index (Phi) is 5.14. The Balaban J connectivity index is 1.59. The number of hydrogen-bond acceptors (Lipinski definition) is 4. The number of fused-ring (bicyclic) bond motifs is 1. The summed E-state index contributed by atoms with van der Waals surface area (Å²) in [7, 11) is 0. The van der Waals surface area contributed by atoms with Crippen molar-refractivity contribution < 1.29 is 4.79 Å². The summed E-state index contributed by atoms with van der Waals surface area (Å²) >= 11 is 0. The summed E-state index contributed by atoms with van der Waals surface area (Å²) in [5, 5.41) is 8.26. The summed E-state index contributed by atoms with van der Waals surface area (Å²) in [5.41, 5.74) is 1.42. The standard InChI is InChI=1S/C18H27N5O/c1-13(2)23-17-15(12-21-23)10-16(11-20-17)18(24)19-7-9-22-8-5-4-6-14(22)3/h10-14H,4-9H2,1-3H3,(H,19,24)/t14-/m1/s1. The molecular weight excluding hydrogens is 302 g/mol. The van der Waals surface area contributed by atoms with Gasteiger partial charge in [0.05, 0.1) is 11.8 Å². The number of pyridine rings is 1. The molecule has 3 rings (SSSR count). The van der Waals surface area contributed by atoms with Crippen LogP contribution in [0.3, 0.4) is 0 Å². The van der Waals surface area contributed by atoms with E-state index < -0.39 is 0 Å². The van der Waals surface area contributed by atoms with Crippen LogP contribution in [0, 0.1) is 0 Å². The van der Waals surface area contributed by atoms with E-state index in [1.807, 2.05) is 10.7 Å². The van der Waals surface area contributed by atoms with Crippen LogP contribution in [-0.4, -0.2) is 51.2 Å². The molecule has 0 aromatic carbocycles. The summed E-state index contributed by atoms with van der Waals surface area (Å²) in [4.78, 5) is 19.2. The van der Waals surface area contributed by atoms with E-state index in [0.717, 1.165) is 24.1 Å². The lowest BCUT2D eigenvalue weighted by Gasteiger charge is -2.33. The van der Waals surface area contributed by atoms with E-state index >= 15 is 0 Å². The highest BCUT2D eigenvalue weighted by atomic mass is 16.1. The lowest BCUT2D eigenvalue weighted by molar-refractivity contribution is 0.0938. The van der Waals surface area contributed by atoms with Crippen molar-refractivity contribution in [3.63, 3.8) is 0 Å². The average Bonchev–Trinajstić information content (AvgIpc) is 2.99. The van der Waals surface area contributed by atoms with Gasteiger partial charge < -0.3 is 5.32 Å². The second-order valence-corrected chi connectivity index (χ2v) is 6.96. The molecule has 1 saturated heterocycles. The molecule has 1 amide bonds. The first-order valence-corrected chi connectivity index (χ1v) is 8.92. The van der Waals surface area contributed by atoms with Gasteiger partial charge in [0.2, 0.25) is 0 Å². The first-order valence-electron chi connectivity index (χ1n) is 8.92. The van der Waals surface area contributed by atoms with Crippen molar-refractivity contribution in [2.24, 2.45) is 0 Å². The second kappa shape index (κ2) is 7.30. The molecule has 0 saturated carbocycles. The van der Waals surface area contributed by atoms with Gasteiger partial charge in [0.15, 0.2) is 5.65 Å². The molecule has 1 atom stereocenters. The Morgan fingerprint density at radius 3 is 2.96 bits per heavy atom. The number of likely N-dealkylation sites (tertiary alicyclic amines) is 1. The van der Waals surface area contributed by atoms with Gasteiger partial charge in [-0.05, 0) is 46.2 Å².